The molecule has 3 aromatic rings. The number of hydrogen-bond acceptors (Lipinski definition) is 8. The average Bonchev–Trinajstić information content (AvgIpc) is 3.47. The number of Topliss-reactive ketones (excluding diaryl/α,β-unsaturated/α-hetero) is 1. The molecule has 1 saturated heterocycles. The van der Waals surface area contributed by atoms with Crippen LogP contribution in [0.5, 0.6) is 0 Å². The number of pyridine rings is 1. The molecule has 208 valence electrons. The van der Waals surface area contributed by atoms with Gasteiger partial charge in [0.25, 0.3) is 11.5 Å². The molecule has 5 heterocycles. The number of anilines is 2. The monoisotopic (exact) mass is 560 g/mol. The summed E-state index contributed by atoms with van der Waals surface area (Å²) in [5.41, 5.74) is 1.86. The van der Waals surface area contributed by atoms with Crippen molar-refractivity contribution in [3.63, 3.8) is 0 Å². The Morgan fingerprint density at radius 3 is 2.65 bits per heavy atom. The normalized spacial score (nSPS) is 21.8. The van der Waals surface area contributed by atoms with Gasteiger partial charge in [-0.3, -0.25) is 23.7 Å². The van der Waals surface area contributed by atoms with Gasteiger partial charge in [0.1, 0.15) is 39.8 Å². The Kier molecular flexibility index (Phi) is 6.03. The third kappa shape index (κ3) is 3.96. The lowest BCUT2D eigenvalue weighted by molar-refractivity contribution is -0.138. The zero-order valence-corrected chi connectivity index (χ0v) is 23.4. The van der Waals surface area contributed by atoms with Crippen molar-refractivity contribution in [3.05, 3.63) is 44.4 Å². The van der Waals surface area contributed by atoms with Crippen LogP contribution in [-0.4, -0.2) is 50.1 Å². The highest BCUT2D eigenvalue weighted by Gasteiger charge is 2.45. The summed E-state index contributed by atoms with van der Waals surface area (Å²) in [6.45, 7) is 2.91. The molecule has 4 aliphatic rings. The van der Waals surface area contributed by atoms with Crippen molar-refractivity contribution in [2.45, 2.75) is 76.8 Å². The molecule has 11 heteroatoms. The standard InChI is InChI=1S/C29H32N6O4S/c1-16-13-20(28(39)35-23(16)25(37)33-29(35)9-3-2-4-10-29)32-24-22-19-6-5-17(14-21(19)40-26(22)31-15-30-24)27(38)34-11-7-18(36)8-12-34/h13,15,17H,2-12,14H2,1H3,(H,33,37)(H,30,31,32)/t17-/m0/s1. The molecule has 10 nitrogen and oxygen atoms in total. The number of piperidine rings is 1. The van der Waals surface area contributed by atoms with Gasteiger partial charge in [0, 0.05) is 36.7 Å². The van der Waals surface area contributed by atoms with E-state index in [0.29, 0.717) is 49.6 Å². The largest absolute Gasteiger partial charge is 0.342 e. The van der Waals surface area contributed by atoms with Crippen LogP contribution in [-0.2, 0) is 28.1 Å². The highest BCUT2D eigenvalue weighted by molar-refractivity contribution is 7.19. The van der Waals surface area contributed by atoms with E-state index in [1.165, 1.54) is 6.33 Å². The number of nitrogens with zero attached hydrogens (tertiary/aromatic N) is 4. The van der Waals surface area contributed by atoms with Gasteiger partial charge in [0.05, 0.1) is 5.39 Å². The fraction of sp³-hybridized carbons (Fsp3) is 0.517. The minimum Gasteiger partial charge on any atom is -0.342 e. The van der Waals surface area contributed by atoms with Crippen LogP contribution in [0.25, 0.3) is 10.2 Å². The molecular formula is C29H32N6O4S. The molecule has 40 heavy (non-hydrogen) atoms. The maximum Gasteiger partial charge on any atom is 0.276 e. The minimum atomic E-state index is -0.657. The first-order chi connectivity index (χ1) is 19.3. The second-order valence-electron chi connectivity index (χ2n) is 11.6. The quantitative estimate of drug-likeness (QED) is 0.502. The predicted molar refractivity (Wildman–Crippen MR) is 151 cm³/mol. The van der Waals surface area contributed by atoms with Crippen molar-refractivity contribution < 1.29 is 14.4 Å². The summed E-state index contributed by atoms with van der Waals surface area (Å²) in [5.74, 6) is 0.668. The van der Waals surface area contributed by atoms with Crippen LogP contribution in [0.3, 0.4) is 0 Å². The van der Waals surface area contributed by atoms with E-state index in [4.69, 9.17) is 0 Å². The minimum absolute atomic E-state index is 0.0983. The Balaban J connectivity index is 1.22. The van der Waals surface area contributed by atoms with E-state index in [9.17, 15) is 19.2 Å². The van der Waals surface area contributed by atoms with Crippen LogP contribution in [0.15, 0.2) is 17.2 Å². The zero-order valence-electron chi connectivity index (χ0n) is 22.5. The molecule has 3 aromatic heterocycles. The van der Waals surface area contributed by atoms with E-state index in [-0.39, 0.29) is 29.1 Å². The highest BCUT2D eigenvalue weighted by atomic mass is 32.1. The molecule has 1 saturated carbocycles. The first-order valence-electron chi connectivity index (χ1n) is 14.3. The summed E-state index contributed by atoms with van der Waals surface area (Å²) < 4.78 is 1.69. The number of amides is 2. The second-order valence-corrected chi connectivity index (χ2v) is 12.7. The highest BCUT2D eigenvalue weighted by Crippen LogP contribution is 2.41. The number of likely N-dealkylation sites (tertiary alicyclic amines) is 1. The summed E-state index contributed by atoms with van der Waals surface area (Å²) in [6.07, 6.45) is 9.04. The molecule has 1 spiro atoms. The Labute approximate surface area is 235 Å². The van der Waals surface area contributed by atoms with Crippen molar-refractivity contribution in [2.24, 2.45) is 5.92 Å². The van der Waals surface area contributed by atoms with E-state index >= 15 is 0 Å². The summed E-state index contributed by atoms with van der Waals surface area (Å²) in [4.78, 5) is 64.5. The topological polar surface area (TPSA) is 126 Å². The molecule has 2 amide bonds. The van der Waals surface area contributed by atoms with Crippen molar-refractivity contribution in [1.82, 2.24) is 24.8 Å². The maximum atomic E-state index is 13.9. The number of carbonyl (C=O) groups excluding carboxylic acids is 3. The third-order valence-corrected chi connectivity index (χ3v) is 10.3. The lowest BCUT2D eigenvalue weighted by Gasteiger charge is -2.35. The van der Waals surface area contributed by atoms with Crippen LogP contribution in [0.1, 0.15) is 77.9 Å². The predicted octanol–water partition coefficient (Wildman–Crippen LogP) is 3.56. The van der Waals surface area contributed by atoms with E-state index in [1.54, 1.807) is 22.0 Å². The Morgan fingerprint density at radius 2 is 1.88 bits per heavy atom. The van der Waals surface area contributed by atoms with Gasteiger partial charge >= 0.3 is 0 Å². The number of rotatable bonds is 3. The number of thiophene rings is 1. The first kappa shape index (κ1) is 25.4. The van der Waals surface area contributed by atoms with Crippen molar-refractivity contribution in [2.75, 3.05) is 18.4 Å². The Bertz CT molecular complexity index is 1630. The smallest absolute Gasteiger partial charge is 0.276 e. The van der Waals surface area contributed by atoms with Crippen molar-refractivity contribution in [3.8, 4) is 0 Å². The number of fused-ring (bicyclic) bond motifs is 5. The molecule has 1 atom stereocenters. The van der Waals surface area contributed by atoms with Crippen LogP contribution in [0.2, 0.25) is 0 Å². The molecule has 2 N–H and O–H groups in total. The number of aryl methyl sites for hydroxylation is 2. The van der Waals surface area contributed by atoms with E-state index < -0.39 is 5.66 Å². The summed E-state index contributed by atoms with van der Waals surface area (Å²) in [5, 5.41) is 7.37. The molecule has 2 fully saturated rings. The first-order valence-corrected chi connectivity index (χ1v) is 15.1. The van der Waals surface area contributed by atoms with E-state index in [1.807, 2.05) is 11.8 Å². The van der Waals surface area contributed by atoms with Gasteiger partial charge in [-0.1, -0.05) is 6.42 Å². The van der Waals surface area contributed by atoms with Crippen LogP contribution in [0.4, 0.5) is 11.5 Å². The van der Waals surface area contributed by atoms with Gasteiger partial charge in [-0.2, -0.15) is 0 Å². The molecule has 2 aliphatic heterocycles. The number of ketones is 1. The van der Waals surface area contributed by atoms with Gasteiger partial charge < -0.3 is 15.5 Å². The molecule has 0 bridgehead atoms. The summed E-state index contributed by atoms with van der Waals surface area (Å²) >= 11 is 1.58. The molecule has 2 aliphatic carbocycles. The zero-order chi connectivity index (χ0) is 27.6. The fourth-order valence-corrected chi connectivity index (χ4v) is 8.38. The fourth-order valence-electron chi connectivity index (χ4n) is 7.11. The molecule has 0 aromatic carbocycles. The SMILES string of the molecule is Cc1cc(Nc2ncnc3sc4c(c23)CC[C@H](C(=O)N2CCC(=O)CC2)C4)c(=O)n2c1C(=O)NC21CCCCC1. The van der Waals surface area contributed by atoms with Gasteiger partial charge in [-0.25, -0.2) is 9.97 Å². The molecule has 7 rings (SSSR count). The molecule has 0 unspecified atom stereocenters. The van der Waals surface area contributed by atoms with E-state index in [0.717, 1.165) is 71.2 Å². The van der Waals surface area contributed by atoms with Gasteiger partial charge in [-0.15, -0.1) is 11.3 Å². The number of aromatic nitrogens is 3. The van der Waals surface area contributed by atoms with Gasteiger partial charge in [0.2, 0.25) is 5.91 Å². The maximum absolute atomic E-state index is 13.9. The van der Waals surface area contributed by atoms with Gasteiger partial charge in [-0.05, 0) is 69.1 Å². The number of nitrogens with one attached hydrogen (secondary N) is 2. The molecular weight excluding hydrogens is 528 g/mol. The number of carbonyl (C=O) groups is 3. The van der Waals surface area contributed by atoms with Crippen molar-refractivity contribution in [1.29, 1.82) is 0 Å². The summed E-state index contributed by atoms with van der Waals surface area (Å²) in [7, 11) is 0. The van der Waals surface area contributed by atoms with Crippen LogP contribution < -0.4 is 16.2 Å². The number of hydrogen-bond donors (Lipinski definition) is 2. The Morgan fingerprint density at radius 1 is 1.10 bits per heavy atom. The second kappa shape index (κ2) is 9.50. The van der Waals surface area contributed by atoms with Crippen LogP contribution in [0, 0.1) is 12.8 Å². The summed E-state index contributed by atoms with van der Waals surface area (Å²) in [6, 6.07) is 1.75. The Hall–Kier alpha value is -3.60. The van der Waals surface area contributed by atoms with Gasteiger partial charge in [0.15, 0.2) is 0 Å². The lowest BCUT2D eigenvalue weighted by atomic mass is 9.86. The third-order valence-electron chi connectivity index (χ3n) is 9.14. The van der Waals surface area contributed by atoms with Crippen molar-refractivity contribution >= 4 is 50.7 Å². The molecule has 0 radical (unpaired) electrons. The average molecular weight is 561 g/mol. The van der Waals surface area contributed by atoms with Crippen LogP contribution >= 0.6 is 11.3 Å². The van der Waals surface area contributed by atoms with E-state index in [2.05, 4.69) is 20.6 Å². The lowest BCUT2D eigenvalue weighted by Crippen LogP contribution is -2.48.